The number of amides is 4. The van der Waals surface area contributed by atoms with Gasteiger partial charge in [-0.2, -0.15) is 0 Å². The number of carbonyl (C=O) groups excluding carboxylic acids is 3. The molecular weight excluding hydrogens is 725 g/mol. The minimum absolute atomic E-state index is 0.158. The van der Waals surface area contributed by atoms with Crippen molar-refractivity contribution in [2.24, 2.45) is 0 Å². The number of urea groups is 1. The Morgan fingerprint density at radius 1 is 0.891 bits per heavy atom. The number of hydrogen-bond acceptors (Lipinski definition) is 9. The second-order valence-corrected chi connectivity index (χ2v) is 17.2. The molecule has 14 nitrogen and oxygen atoms in total. The summed E-state index contributed by atoms with van der Waals surface area (Å²) in [5.74, 6) is 0.766. The van der Waals surface area contributed by atoms with Crippen molar-refractivity contribution in [3.63, 3.8) is 0 Å². The van der Waals surface area contributed by atoms with Crippen molar-refractivity contribution in [2.45, 2.75) is 71.9 Å². The first-order chi connectivity index (χ1) is 25.8. The predicted octanol–water partition coefficient (Wildman–Crippen LogP) is 7.82. The molecule has 1 aliphatic rings. The fraction of sp³-hybridized carbons (Fsp3) is 0.400. The minimum Gasteiger partial charge on any atom is -0.492 e. The maximum Gasteiger partial charge on any atom is 0.410 e. The van der Waals surface area contributed by atoms with Gasteiger partial charge >= 0.3 is 12.1 Å². The first-order valence-electron chi connectivity index (χ1n) is 18.0. The van der Waals surface area contributed by atoms with Crippen LogP contribution in [0, 0.1) is 0 Å². The number of rotatable bonds is 9. The summed E-state index contributed by atoms with van der Waals surface area (Å²) in [7, 11) is -2.25. The maximum absolute atomic E-state index is 13.6. The third kappa shape index (κ3) is 10.1. The minimum atomic E-state index is -3.65. The van der Waals surface area contributed by atoms with E-state index in [9.17, 15) is 22.8 Å². The van der Waals surface area contributed by atoms with Gasteiger partial charge < -0.3 is 34.6 Å². The molecule has 1 saturated heterocycles. The number of pyridine rings is 1. The molecule has 1 aromatic heterocycles. The first-order valence-corrected chi connectivity index (χ1v) is 19.9. The number of benzene rings is 3. The molecule has 3 N–H and O–H groups in total. The Labute approximate surface area is 322 Å². The molecule has 15 heteroatoms. The molecule has 0 saturated carbocycles. The monoisotopic (exact) mass is 774 g/mol. The lowest BCUT2D eigenvalue weighted by molar-refractivity contribution is -0.00128. The number of piperazine rings is 1. The van der Waals surface area contributed by atoms with Crippen LogP contribution in [0.25, 0.3) is 10.8 Å². The van der Waals surface area contributed by atoms with E-state index in [1.165, 1.54) is 13.3 Å². The predicted molar refractivity (Wildman–Crippen MR) is 214 cm³/mol. The van der Waals surface area contributed by atoms with Crippen LogP contribution in [0.4, 0.5) is 26.7 Å². The number of fused-ring (bicyclic) bond motifs is 1. The van der Waals surface area contributed by atoms with E-state index < -0.39 is 27.7 Å². The Morgan fingerprint density at radius 3 is 2.20 bits per heavy atom. The van der Waals surface area contributed by atoms with Gasteiger partial charge in [-0.05, 0) is 68.5 Å². The number of anilines is 3. The molecule has 294 valence electrons. The lowest BCUT2D eigenvalue weighted by Crippen LogP contribution is -2.57. The summed E-state index contributed by atoms with van der Waals surface area (Å²) < 4.78 is 44.2. The van der Waals surface area contributed by atoms with Crippen molar-refractivity contribution < 1.29 is 37.0 Å². The van der Waals surface area contributed by atoms with E-state index >= 15 is 0 Å². The molecular formula is C40H50N6O8S. The van der Waals surface area contributed by atoms with Crippen LogP contribution in [0.3, 0.4) is 0 Å². The smallest absolute Gasteiger partial charge is 0.410 e. The SMILES string of the molecule is CCC1CN(C(=O)c2cc(Oc3ccc(NC(=O)Nc4cc(C(C)(C)C)cc(NS(C)(=O)=O)c4OC)c4ccccc34)ccn2)CCN1C(=O)OC(C)(C)C. The van der Waals surface area contributed by atoms with E-state index in [4.69, 9.17) is 14.2 Å². The molecule has 1 atom stereocenters. The average molecular weight is 775 g/mol. The van der Waals surface area contributed by atoms with Crippen LogP contribution >= 0.6 is 0 Å². The Kier molecular flexibility index (Phi) is 11.8. The summed E-state index contributed by atoms with van der Waals surface area (Å²) in [5.41, 5.74) is 0.949. The van der Waals surface area contributed by atoms with Crippen LogP contribution in [0.15, 0.2) is 66.9 Å². The Hall–Kier alpha value is -5.57. The third-order valence-electron chi connectivity index (χ3n) is 8.88. The third-order valence-corrected chi connectivity index (χ3v) is 9.47. The van der Waals surface area contributed by atoms with Gasteiger partial charge in [-0.1, -0.05) is 52.0 Å². The summed E-state index contributed by atoms with van der Waals surface area (Å²) in [5, 5.41) is 7.10. The normalized spacial score (nSPS) is 15.0. The number of sulfonamides is 1. The standard InChI is InChI=1S/C40H50N6O8S/c1-10-26-24-45(19-20-46(26)38(49)54-40(5,6)7)36(47)33-23-27(17-18-41-33)53-34-16-15-30(28-13-11-12-14-29(28)34)42-37(48)43-31-21-25(39(2,3)4)22-32(35(31)52-8)44-55(9,50)51/h11-18,21-23,26,44H,10,19-20,24H2,1-9H3,(H2,42,43,48). The first kappa shape index (κ1) is 40.6. The fourth-order valence-electron chi connectivity index (χ4n) is 6.23. The molecule has 0 spiro atoms. The van der Waals surface area contributed by atoms with Crippen LogP contribution in [-0.2, 0) is 20.2 Å². The highest BCUT2D eigenvalue weighted by molar-refractivity contribution is 7.92. The van der Waals surface area contributed by atoms with E-state index in [2.05, 4.69) is 20.3 Å². The van der Waals surface area contributed by atoms with Crippen molar-refractivity contribution in [2.75, 3.05) is 48.4 Å². The van der Waals surface area contributed by atoms with Gasteiger partial charge in [0, 0.05) is 42.7 Å². The number of hydrogen-bond donors (Lipinski definition) is 3. The summed E-state index contributed by atoms with van der Waals surface area (Å²) in [6.45, 7) is 14.4. The Morgan fingerprint density at radius 2 is 1.56 bits per heavy atom. The summed E-state index contributed by atoms with van der Waals surface area (Å²) in [6, 6.07) is 16.7. The molecule has 1 unspecified atom stereocenters. The van der Waals surface area contributed by atoms with Crippen molar-refractivity contribution in [3.05, 3.63) is 78.1 Å². The molecule has 4 aromatic rings. The Bertz CT molecular complexity index is 2200. The molecule has 0 bridgehead atoms. The van der Waals surface area contributed by atoms with Crippen LogP contribution in [-0.4, -0.2) is 85.9 Å². The van der Waals surface area contributed by atoms with Crippen LogP contribution in [0.2, 0.25) is 0 Å². The van der Waals surface area contributed by atoms with Crippen LogP contribution in [0.1, 0.15) is 70.9 Å². The van der Waals surface area contributed by atoms with E-state index in [1.807, 2.05) is 72.7 Å². The van der Waals surface area contributed by atoms with E-state index in [-0.39, 0.29) is 40.2 Å². The average Bonchev–Trinajstić information content (AvgIpc) is 3.10. The van der Waals surface area contributed by atoms with Crippen LogP contribution < -0.4 is 24.8 Å². The van der Waals surface area contributed by atoms with Gasteiger partial charge in [-0.15, -0.1) is 0 Å². The number of carbonyl (C=O) groups is 3. The number of nitrogens with one attached hydrogen (secondary N) is 3. The zero-order valence-corrected chi connectivity index (χ0v) is 33.6. The lowest BCUT2D eigenvalue weighted by atomic mass is 9.86. The van der Waals surface area contributed by atoms with E-state index in [0.717, 1.165) is 11.8 Å². The number of methoxy groups -OCH3 is 1. The molecule has 2 heterocycles. The highest BCUT2D eigenvalue weighted by atomic mass is 32.2. The quantitative estimate of drug-likeness (QED) is 0.154. The van der Waals surface area contributed by atoms with Gasteiger partial charge in [0.05, 0.1) is 36.5 Å². The molecule has 5 rings (SSSR count). The summed E-state index contributed by atoms with van der Waals surface area (Å²) >= 11 is 0. The topological polar surface area (TPSA) is 168 Å². The molecule has 1 fully saturated rings. The van der Waals surface area contributed by atoms with Gasteiger partial charge in [0.1, 0.15) is 22.8 Å². The highest BCUT2D eigenvalue weighted by Crippen LogP contribution is 2.40. The summed E-state index contributed by atoms with van der Waals surface area (Å²) in [6.07, 6.45) is 2.82. The summed E-state index contributed by atoms with van der Waals surface area (Å²) in [4.78, 5) is 47.7. The number of nitrogens with zero attached hydrogens (tertiary/aromatic N) is 3. The molecule has 55 heavy (non-hydrogen) atoms. The number of ether oxygens (including phenoxy) is 3. The van der Waals surface area contributed by atoms with Crippen molar-refractivity contribution in [1.29, 1.82) is 0 Å². The maximum atomic E-state index is 13.6. The van der Waals surface area contributed by atoms with E-state index in [1.54, 1.807) is 46.2 Å². The van der Waals surface area contributed by atoms with Gasteiger partial charge in [-0.25, -0.2) is 18.0 Å². The molecule has 0 aliphatic carbocycles. The van der Waals surface area contributed by atoms with E-state index in [0.29, 0.717) is 54.0 Å². The second kappa shape index (κ2) is 16.0. The molecule has 3 aromatic carbocycles. The van der Waals surface area contributed by atoms with Gasteiger partial charge in [0.25, 0.3) is 5.91 Å². The van der Waals surface area contributed by atoms with Crippen LogP contribution in [0.5, 0.6) is 17.2 Å². The van der Waals surface area contributed by atoms with Gasteiger partial charge in [-0.3, -0.25) is 14.5 Å². The Balaban J connectivity index is 1.34. The molecule has 0 radical (unpaired) electrons. The van der Waals surface area contributed by atoms with Crippen molar-refractivity contribution in [3.8, 4) is 17.2 Å². The molecule has 1 aliphatic heterocycles. The zero-order valence-electron chi connectivity index (χ0n) is 32.8. The lowest BCUT2D eigenvalue weighted by Gasteiger charge is -2.41. The van der Waals surface area contributed by atoms with Crippen molar-refractivity contribution >= 4 is 55.9 Å². The number of aromatic nitrogens is 1. The largest absolute Gasteiger partial charge is 0.492 e. The van der Waals surface area contributed by atoms with Gasteiger partial charge in [0.2, 0.25) is 10.0 Å². The highest BCUT2D eigenvalue weighted by Gasteiger charge is 2.34. The van der Waals surface area contributed by atoms with Gasteiger partial charge in [0.15, 0.2) is 5.75 Å². The fourth-order valence-corrected chi connectivity index (χ4v) is 6.78. The van der Waals surface area contributed by atoms with Crippen molar-refractivity contribution in [1.82, 2.24) is 14.8 Å². The second-order valence-electron chi connectivity index (χ2n) is 15.4. The zero-order chi connectivity index (χ0) is 40.3. The molecule has 4 amide bonds.